The average molecular weight is 444 g/mol. The Morgan fingerprint density at radius 1 is 1.07 bits per heavy atom. The fourth-order valence-electron chi connectivity index (χ4n) is 3.52. The number of rotatable bonds is 7. The van der Waals surface area contributed by atoms with Crippen molar-refractivity contribution in [3.8, 4) is 0 Å². The summed E-state index contributed by atoms with van der Waals surface area (Å²) in [5, 5.41) is 5.98. The van der Waals surface area contributed by atoms with E-state index in [1.54, 1.807) is 12.1 Å². The molecular formula is C22H26BrN3O2. The van der Waals surface area contributed by atoms with Crippen LogP contribution in [0.3, 0.4) is 0 Å². The molecule has 0 bridgehead atoms. The van der Waals surface area contributed by atoms with E-state index in [9.17, 15) is 9.59 Å². The predicted molar refractivity (Wildman–Crippen MR) is 115 cm³/mol. The van der Waals surface area contributed by atoms with Crippen molar-refractivity contribution < 1.29 is 9.59 Å². The highest BCUT2D eigenvalue weighted by Crippen LogP contribution is 2.20. The van der Waals surface area contributed by atoms with Crippen molar-refractivity contribution in [3.05, 3.63) is 64.1 Å². The zero-order valence-electron chi connectivity index (χ0n) is 16.1. The summed E-state index contributed by atoms with van der Waals surface area (Å²) in [5.74, 6) is -0.258. The van der Waals surface area contributed by atoms with Crippen LogP contribution in [0.5, 0.6) is 0 Å². The zero-order chi connectivity index (χ0) is 19.9. The molecule has 6 heteroatoms. The van der Waals surface area contributed by atoms with Crippen LogP contribution in [0.4, 0.5) is 5.69 Å². The van der Waals surface area contributed by atoms with E-state index in [0.717, 1.165) is 35.7 Å². The maximum absolute atomic E-state index is 12.6. The minimum Gasteiger partial charge on any atom is -0.349 e. The predicted octanol–water partition coefficient (Wildman–Crippen LogP) is 4.19. The molecule has 0 heterocycles. The molecule has 2 aromatic rings. The molecule has 0 aliphatic heterocycles. The number of anilines is 1. The molecule has 0 radical (unpaired) electrons. The second-order valence-electron chi connectivity index (χ2n) is 7.35. The lowest BCUT2D eigenvalue weighted by Gasteiger charge is -2.18. The number of para-hydroxylation sites is 1. The number of carbonyl (C=O) groups excluding carboxylic acids is 2. The molecule has 2 amide bonds. The van der Waals surface area contributed by atoms with E-state index in [2.05, 4.69) is 26.6 Å². The number of nitrogens with zero attached hydrogens (tertiary/aromatic N) is 1. The second kappa shape index (κ2) is 9.85. The topological polar surface area (TPSA) is 61.4 Å². The lowest BCUT2D eigenvalue weighted by molar-refractivity contribution is -0.117. The molecule has 28 heavy (non-hydrogen) atoms. The smallest absolute Gasteiger partial charge is 0.253 e. The number of hydrogen-bond acceptors (Lipinski definition) is 3. The van der Waals surface area contributed by atoms with E-state index < -0.39 is 0 Å². The Bertz CT molecular complexity index is 817. The van der Waals surface area contributed by atoms with Crippen LogP contribution < -0.4 is 10.6 Å². The molecule has 0 atom stereocenters. The quantitative estimate of drug-likeness (QED) is 0.673. The summed E-state index contributed by atoms with van der Waals surface area (Å²) in [4.78, 5) is 27.1. The number of benzene rings is 2. The molecule has 148 valence electrons. The molecule has 1 saturated carbocycles. The molecule has 2 aromatic carbocycles. The van der Waals surface area contributed by atoms with Crippen LogP contribution in [-0.4, -0.2) is 36.3 Å². The Balaban J connectivity index is 1.57. The first-order valence-electron chi connectivity index (χ1n) is 9.64. The molecule has 0 spiro atoms. The number of nitrogens with one attached hydrogen (secondary N) is 2. The maximum atomic E-state index is 12.6. The van der Waals surface area contributed by atoms with Crippen LogP contribution in [0.15, 0.2) is 53.0 Å². The standard InChI is InChI=1S/C22H26BrN3O2/c1-26(14-16-10-12-17(23)13-11-16)15-21(27)25-20-9-5-4-8-19(20)22(28)24-18-6-2-3-7-18/h4-5,8-13,18H,2-3,6-7,14-15H2,1H3,(H,24,28)(H,25,27). The van der Waals surface area contributed by atoms with Gasteiger partial charge in [0.1, 0.15) is 0 Å². The van der Waals surface area contributed by atoms with Crippen molar-refractivity contribution in [1.82, 2.24) is 10.2 Å². The monoisotopic (exact) mass is 443 g/mol. The van der Waals surface area contributed by atoms with Gasteiger partial charge < -0.3 is 10.6 Å². The van der Waals surface area contributed by atoms with Gasteiger partial charge in [0.15, 0.2) is 0 Å². The Hall–Kier alpha value is -2.18. The summed E-state index contributed by atoms with van der Waals surface area (Å²) in [7, 11) is 1.90. The van der Waals surface area contributed by atoms with Crippen LogP contribution in [-0.2, 0) is 11.3 Å². The van der Waals surface area contributed by atoms with Gasteiger partial charge in [-0.2, -0.15) is 0 Å². The molecule has 0 aromatic heterocycles. The fraction of sp³-hybridized carbons (Fsp3) is 0.364. The summed E-state index contributed by atoms with van der Waals surface area (Å²) >= 11 is 3.42. The van der Waals surface area contributed by atoms with Crippen molar-refractivity contribution in [2.75, 3.05) is 18.9 Å². The van der Waals surface area contributed by atoms with E-state index in [1.165, 1.54) is 0 Å². The third-order valence-corrected chi connectivity index (χ3v) is 5.44. The first-order valence-corrected chi connectivity index (χ1v) is 10.4. The number of carbonyl (C=O) groups is 2. The van der Waals surface area contributed by atoms with Gasteiger partial charge in [-0.05, 0) is 49.7 Å². The van der Waals surface area contributed by atoms with Gasteiger partial charge in [0.05, 0.1) is 17.8 Å². The van der Waals surface area contributed by atoms with Gasteiger partial charge in [0, 0.05) is 17.1 Å². The van der Waals surface area contributed by atoms with Crippen LogP contribution >= 0.6 is 15.9 Å². The van der Waals surface area contributed by atoms with Crippen LogP contribution in [0, 0.1) is 0 Å². The van der Waals surface area contributed by atoms with Gasteiger partial charge in [0.25, 0.3) is 5.91 Å². The SMILES string of the molecule is CN(CC(=O)Nc1ccccc1C(=O)NC1CCCC1)Cc1ccc(Br)cc1. The number of likely N-dealkylation sites (N-methyl/N-ethyl adjacent to an activating group) is 1. The number of hydrogen-bond donors (Lipinski definition) is 2. The minimum atomic E-state index is -0.138. The first kappa shape index (κ1) is 20.6. The van der Waals surface area contributed by atoms with Gasteiger partial charge in [-0.1, -0.05) is 53.0 Å². The summed E-state index contributed by atoms with van der Waals surface area (Å²) < 4.78 is 1.03. The molecule has 5 nitrogen and oxygen atoms in total. The van der Waals surface area contributed by atoms with Crippen molar-refractivity contribution in [1.29, 1.82) is 0 Å². The average Bonchev–Trinajstić information content (AvgIpc) is 3.17. The summed E-state index contributed by atoms with van der Waals surface area (Å²) in [6.45, 7) is 0.916. The van der Waals surface area contributed by atoms with Gasteiger partial charge in [-0.25, -0.2) is 0 Å². The Morgan fingerprint density at radius 2 is 1.75 bits per heavy atom. The van der Waals surface area contributed by atoms with Gasteiger partial charge >= 0.3 is 0 Å². The number of amides is 2. The number of halogens is 1. The third-order valence-electron chi connectivity index (χ3n) is 4.92. The van der Waals surface area contributed by atoms with Gasteiger partial charge in [-0.3, -0.25) is 14.5 Å². The minimum absolute atomic E-state index is 0.119. The highest BCUT2D eigenvalue weighted by atomic mass is 79.9. The van der Waals surface area contributed by atoms with Crippen LogP contribution in [0.2, 0.25) is 0 Å². The van der Waals surface area contributed by atoms with E-state index >= 15 is 0 Å². The molecule has 1 aliphatic rings. The molecule has 0 unspecified atom stereocenters. The highest BCUT2D eigenvalue weighted by Gasteiger charge is 2.20. The van der Waals surface area contributed by atoms with E-state index in [0.29, 0.717) is 17.8 Å². The molecular weight excluding hydrogens is 418 g/mol. The highest BCUT2D eigenvalue weighted by molar-refractivity contribution is 9.10. The van der Waals surface area contributed by atoms with Crippen molar-refractivity contribution >= 4 is 33.4 Å². The maximum Gasteiger partial charge on any atom is 0.253 e. The Morgan fingerprint density at radius 3 is 2.46 bits per heavy atom. The molecule has 3 rings (SSSR count). The Kier molecular flexibility index (Phi) is 7.23. The van der Waals surface area contributed by atoms with Crippen LogP contribution in [0.25, 0.3) is 0 Å². The Labute approximate surface area is 174 Å². The fourth-order valence-corrected chi connectivity index (χ4v) is 3.78. The van der Waals surface area contributed by atoms with Gasteiger partial charge in [-0.15, -0.1) is 0 Å². The van der Waals surface area contributed by atoms with E-state index in [4.69, 9.17) is 0 Å². The summed E-state index contributed by atoms with van der Waals surface area (Å²) in [6.07, 6.45) is 4.38. The molecule has 0 saturated heterocycles. The summed E-state index contributed by atoms with van der Waals surface area (Å²) in [6, 6.07) is 15.5. The third kappa shape index (κ3) is 5.91. The van der Waals surface area contributed by atoms with Crippen molar-refractivity contribution in [2.45, 2.75) is 38.3 Å². The van der Waals surface area contributed by atoms with E-state index in [-0.39, 0.29) is 24.4 Å². The lowest BCUT2D eigenvalue weighted by atomic mass is 10.1. The van der Waals surface area contributed by atoms with Crippen molar-refractivity contribution in [3.63, 3.8) is 0 Å². The lowest BCUT2D eigenvalue weighted by Crippen LogP contribution is -2.34. The largest absolute Gasteiger partial charge is 0.349 e. The molecule has 1 fully saturated rings. The second-order valence-corrected chi connectivity index (χ2v) is 8.26. The van der Waals surface area contributed by atoms with Crippen molar-refractivity contribution in [2.24, 2.45) is 0 Å². The zero-order valence-corrected chi connectivity index (χ0v) is 17.7. The van der Waals surface area contributed by atoms with E-state index in [1.807, 2.05) is 48.3 Å². The normalized spacial score (nSPS) is 14.2. The van der Waals surface area contributed by atoms with Crippen LogP contribution in [0.1, 0.15) is 41.6 Å². The summed E-state index contributed by atoms with van der Waals surface area (Å²) in [5.41, 5.74) is 2.20. The first-order chi connectivity index (χ1) is 13.5. The molecule has 2 N–H and O–H groups in total. The molecule has 1 aliphatic carbocycles. The van der Waals surface area contributed by atoms with Gasteiger partial charge in [0.2, 0.25) is 5.91 Å².